The molecule has 0 aliphatic rings. The summed E-state index contributed by atoms with van der Waals surface area (Å²) in [6.07, 6.45) is 4.26. The maximum absolute atomic E-state index is 12.0. The van der Waals surface area contributed by atoms with Crippen molar-refractivity contribution >= 4 is 17.7 Å². The zero-order valence-electron chi connectivity index (χ0n) is 16.4. The number of hydrogen-bond acceptors (Lipinski definition) is 7. The van der Waals surface area contributed by atoms with Crippen molar-refractivity contribution in [3.05, 3.63) is 47.5 Å². The molecule has 0 radical (unpaired) electrons. The van der Waals surface area contributed by atoms with Crippen LogP contribution in [0.1, 0.15) is 36.7 Å². The van der Waals surface area contributed by atoms with Crippen molar-refractivity contribution in [1.29, 1.82) is 0 Å². The zero-order chi connectivity index (χ0) is 20.0. The molecule has 7 heteroatoms. The normalized spacial score (nSPS) is 11.1. The van der Waals surface area contributed by atoms with Gasteiger partial charge < -0.3 is 14.2 Å². The number of methoxy groups -OCH3 is 1. The molecule has 1 heterocycles. The summed E-state index contributed by atoms with van der Waals surface area (Å²) in [5, 5.41) is 0.522. The van der Waals surface area contributed by atoms with Gasteiger partial charge in [0.15, 0.2) is 0 Å². The van der Waals surface area contributed by atoms with E-state index in [2.05, 4.69) is 29.9 Å². The molecule has 0 spiro atoms. The summed E-state index contributed by atoms with van der Waals surface area (Å²) in [5.74, 6) is 1.30. The lowest BCUT2D eigenvalue weighted by molar-refractivity contribution is -0.129. The van der Waals surface area contributed by atoms with E-state index in [9.17, 15) is 4.79 Å². The number of carbonyl (C=O) groups is 1. The molecule has 2 aromatic rings. The van der Waals surface area contributed by atoms with Crippen molar-refractivity contribution in [2.75, 3.05) is 13.4 Å². The second-order valence-corrected chi connectivity index (χ2v) is 7.01. The van der Waals surface area contributed by atoms with Crippen LogP contribution in [0.4, 0.5) is 0 Å². The Labute approximate surface area is 164 Å². The highest BCUT2D eigenvalue weighted by Gasteiger charge is 2.19. The molecule has 0 bridgehead atoms. The summed E-state index contributed by atoms with van der Waals surface area (Å²) in [7, 11) is 1.45. The third-order valence-corrected chi connectivity index (χ3v) is 4.27. The molecule has 0 fully saturated rings. The molecular formula is C20H24N2O4S. The first-order chi connectivity index (χ1) is 12.8. The Morgan fingerprint density at radius 1 is 1.19 bits per heavy atom. The molecule has 0 amide bonds. The Kier molecular flexibility index (Phi) is 7.24. The largest absolute Gasteiger partial charge is 0.504 e. The molecule has 0 saturated carbocycles. The van der Waals surface area contributed by atoms with Gasteiger partial charge in [-0.15, -0.1) is 11.8 Å². The van der Waals surface area contributed by atoms with E-state index in [0.29, 0.717) is 22.5 Å². The lowest BCUT2D eigenvalue weighted by Gasteiger charge is -2.15. The number of benzene rings is 1. The van der Waals surface area contributed by atoms with E-state index in [0.717, 1.165) is 11.1 Å². The fourth-order valence-corrected chi connectivity index (χ4v) is 2.88. The van der Waals surface area contributed by atoms with Gasteiger partial charge in [0.25, 0.3) is 5.88 Å². The monoisotopic (exact) mass is 388 g/mol. The molecule has 0 N–H and O–H groups in total. The van der Waals surface area contributed by atoms with Crippen molar-refractivity contribution in [3.8, 4) is 17.4 Å². The Hall–Kier alpha value is -2.54. The van der Waals surface area contributed by atoms with E-state index < -0.39 is 5.97 Å². The second kappa shape index (κ2) is 9.41. The van der Waals surface area contributed by atoms with Crippen LogP contribution in [0.25, 0.3) is 0 Å². The van der Waals surface area contributed by atoms with Crippen LogP contribution in [0.5, 0.6) is 17.4 Å². The van der Waals surface area contributed by atoms with Gasteiger partial charge in [-0.2, -0.15) is 4.98 Å². The van der Waals surface area contributed by atoms with Crippen molar-refractivity contribution in [2.24, 2.45) is 0 Å². The maximum atomic E-state index is 12.0. The molecule has 6 nitrogen and oxygen atoms in total. The highest BCUT2D eigenvalue weighted by atomic mass is 32.2. The van der Waals surface area contributed by atoms with E-state index in [1.54, 1.807) is 6.92 Å². The molecule has 1 aromatic heterocycles. The Morgan fingerprint density at radius 3 is 2.56 bits per heavy atom. The summed E-state index contributed by atoms with van der Waals surface area (Å²) in [4.78, 5) is 20.7. The van der Waals surface area contributed by atoms with Crippen LogP contribution in [-0.4, -0.2) is 29.3 Å². The van der Waals surface area contributed by atoms with Gasteiger partial charge in [-0.25, -0.2) is 9.78 Å². The van der Waals surface area contributed by atoms with E-state index in [1.807, 2.05) is 25.3 Å². The van der Waals surface area contributed by atoms with Crippen LogP contribution in [0, 0.1) is 13.8 Å². The van der Waals surface area contributed by atoms with Gasteiger partial charge in [-0.1, -0.05) is 19.9 Å². The number of ether oxygens (including phenoxy) is 3. The summed E-state index contributed by atoms with van der Waals surface area (Å²) >= 11 is 1.35. The number of aryl methyl sites for hydroxylation is 2. The SMILES string of the molecule is COC=CC(=O)Oc1c(Oc2cc(C)cc(C(C)C)c2)nc(C)nc1SC. The van der Waals surface area contributed by atoms with E-state index in [1.165, 1.54) is 31.2 Å². The molecule has 0 aliphatic heterocycles. The first kappa shape index (κ1) is 20.8. The number of hydrogen-bond donors (Lipinski definition) is 0. The average molecular weight is 388 g/mol. The van der Waals surface area contributed by atoms with E-state index in [4.69, 9.17) is 14.2 Å². The standard InChI is InChI=1S/C20H24N2O4S/c1-12(2)15-9-13(3)10-16(11-15)25-19-18(26-17(23)7-8-24-5)20(27-6)22-14(4)21-19/h7-12H,1-6H3. The van der Waals surface area contributed by atoms with Gasteiger partial charge in [-0.05, 0) is 49.3 Å². The highest BCUT2D eigenvalue weighted by molar-refractivity contribution is 7.98. The minimum Gasteiger partial charge on any atom is -0.504 e. The zero-order valence-corrected chi connectivity index (χ0v) is 17.2. The third kappa shape index (κ3) is 5.72. The predicted octanol–water partition coefficient (Wildman–Crippen LogP) is 4.80. The maximum Gasteiger partial charge on any atom is 0.339 e. The molecular weight excluding hydrogens is 364 g/mol. The minimum atomic E-state index is -0.600. The molecule has 144 valence electrons. The third-order valence-electron chi connectivity index (χ3n) is 3.61. The molecule has 1 aromatic carbocycles. The lowest BCUT2D eigenvalue weighted by atomic mass is 10.0. The summed E-state index contributed by atoms with van der Waals surface area (Å²) < 4.78 is 16.2. The van der Waals surface area contributed by atoms with Gasteiger partial charge in [0.05, 0.1) is 19.4 Å². The van der Waals surface area contributed by atoms with Crippen LogP contribution in [-0.2, 0) is 9.53 Å². The second-order valence-electron chi connectivity index (χ2n) is 6.21. The summed E-state index contributed by atoms with van der Waals surface area (Å²) in [5.41, 5.74) is 2.23. The number of rotatable bonds is 7. The molecule has 2 rings (SSSR count). The number of thioether (sulfide) groups is 1. The average Bonchev–Trinajstić information content (AvgIpc) is 2.61. The van der Waals surface area contributed by atoms with Gasteiger partial charge in [0.1, 0.15) is 16.6 Å². The van der Waals surface area contributed by atoms with Gasteiger partial charge in [-0.3, -0.25) is 0 Å². The molecule has 0 unspecified atom stereocenters. The van der Waals surface area contributed by atoms with Gasteiger partial charge in [0.2, 0.25) is 5.75 Å². The van der Waals surface area contributed by atoms with Gasteiger partial charge >= 0.3 is 5.97 Å². The van der Waals surface area contributed by atoms with Crippen molar-refractivity contribution in [1.82, 2.24) is 9.97 Å². The topological polar surface area (TPSA) is 70.5 Å². The van der Waals surface area contributed by atoms with Crippen LogP contribution < -0.4 is 9.47 Å². The predicted molar refractivity (Wildman–Crippen MR) is 106 cm³/mol. The quantitative estimate of drug-likeness (QED) is 0.222. The minimum absolute atomic E-state index is 0.187. The molecule has 27 heavy (non-hydrogen) atoms. The molecule has 0 aliphatic carbocycles. The fraction of sp³-hybridized carbons (Fsp3) is 0.350. The Morgan fingerprint density at radius 2 is 1.93 bits per heavy atom. The van der Waals surface area contributed by atoms with Crippen LogP contribution in [0.15, 0.2) is 35.6 Å². The molecule has 0 atom stereocenters. The number of nitrogens with zero attached hydrogens (tertiary/aromatic N) is 2. The molecule has 0 saturated heterocycles. The Balaban J connectivity index is 2.45. The van der Waals surface area contributed by atoms with Crippen LogP contribution in [0.2, 0.25) is 0 Å². The van der Waals surface area contributed by atoms with Crippen molar-refractivity contribution < 1.29 is 19.0 Å². The highest BCUT2D eigenvalue weighted by Crippen LogP contribution is 2.37. The van der Waals surface area contributed by atoms with E-state index >= 15 is 0 Å². The van der Waals surface area contributed by atoms with E-state index in [-0.39, 0.29) is 11.6 Å². The fourth-order valence-electron chi connectivity index (χ4n) is 2.35. The lowest BCUT2D eigenvalue weighted by Crippen LogP contribution is -2.09. The van der Waals surface area contributed by atoms with Gasteiger partial charge in [0, 0.05) is 0 Å². The number of esters is 1. The van der Waals surface area contributed by atoms with Crippen molar-refractivity contribution in [3.63, 3.8) is 0 Å². The Bertz CT molecular complexity index is 850. The summed E-state index contributed by atoms with van der Waals surface area (Å²) in [6.45, 7) is 8.01. The first-order valence-electron chi connectivity index (χ1n) is 8.47. The first-order valence-corrected chi connectivity index (χ1v) is 9.69. The van der Waals surface area contributed by atoms with Crippen LogP contribution >= 0.6 is 11.8 Å². The number of carbonyl (C=O) groups excluding carboxylic acids is 1. The van der Waals surface area contributed by atoms with Crippen molar-refractivity contribution in [2.45, 2.75) is 38.6 Å². The van der Waals surface area contributed by atoms with Crippen LogP contribution in [0.3, 0.4) is 0 Å². The number of aromatic nitrogens is 2. The smallest absolute Gasteiger partial charge is 0.339 e. The summed E-state index contributed by atoms with van der Waals surface area (Å²) in [6, 6.07) is 6.00.